The van der Waals surface area contributed by atoms with Crippen LogP contribution in [-0.4, -0.2) is 9.97 Å². The van der Waals surface area contributed by atoms with Crippen LogP contribution < -0.4 is 4.90 Å². The van der Waals surface area contributed by atoms with Gasteiger partial charge in [0.05, 0.1) is 0 Å². The van der Waals surface area contributed by atoms with E-state index in [9.17, 15) is 0 Å². The number of aromatic nitrogens is 2. The van der Waals surface area contributed by atoms with Crippen molar-refractivity contribution in [2.24, 2.45) is 29.1 Å². The van der Waals surface area contributed by atoms with Crippen LogP contribution in [0.25, 0.3) is 55.0 Å². The maximum atomic E-state index is 6.22. The summed E-state index contributed by atoms with van der Waals surface area (Å²) in [7, 11) is 0. The van der Waals surface area contributed by atoms with E-state index < -0.39 is 0 Å². The maximum Gasteiger partial charge on any atom is 0.138 e. The van der Waals surface area contributed by atoms with Crippen LogP contribution in [-0.2, 0) is 5.41 Å². The Morgan fingerprint density at radius 2 is 1.10 bits per heavy atom. The second-order valence-electron chi connectivity index (χ2n) is 15.0. The summed E-state index contributed by atoms with van der Waals surface area (Å²) in [5, 5.41) is 4.16. The quantitative estimate of drug-likeness (QED) is 0.197. The molecule has 0 amide bonds. The fraction of sp³-hybridized carbons (Fsp3) is 0.209. The van der Waals surface area contributed by atoms with Gasteiger partial charge in [-0.15, -0.1) is 0 Å². The molecule has 4 fully saturated rings. The lowest BCUT2D eigenvalue weighted by Gasteiger charge is -2.92. The number of anilines is 3. The maximum absolute atomic E-state index is 6.22. The fourth-order valence-corrected chi connectivity index (χ4v) is 12.0. The van der Waals surface area contributed by atoms with E-state index in [-0.39, 0.29) is 5.41 Å². The van der Waals surface area contributed by atoms with E-state index in [0.717, 1.165) is 84.6 Å². The third kappa shape index (κ3) is 2.53. The molecule has 5 nitrogen and oxygen atoms in total. The zero-order valence-corrected chi connectivity index (χ0v) is 26.1. The van der Waals surface area contributed by atoms with Gasteiger partial charge in [-0.2, -0.15) is 0 Å². The van der Waals surface area contributed by atoms with Gasteiger partial charge in [0.1, 0.15) is 22.3 Å². The first-order valence-corrected chi connectivity index (χ1v) is 17.3. The average molecular weight is 620 g/mol. The van der Waals surface area contributed by atoms with Gasteiger partial charge in [-0.05, 0) is 131 Å². The Balaban J connectivity index is 1.04. The highest BCUT2D eigenvalue weighted by molar-refractivity contribution is 6.08. The summed E-state index contributed by atoms with van der Waals surface area (Å²) < 4.78 is 12.4. The summed E-state index contributed by atoms with van der Waals surface area (Å²) in [4.78, 5) is 11.2. The number of hydrogen-bond acceptors (Lipinski definition) is 5. The van der Waals surface area contributed by atoms with Gasteiger partial charge < -0.3 is 13.7 Å². The van der Waals surface area contributed by atoms with Crippen molar-refractivity contribution in [2.75, 3.05) is 4.90 Å². The molecular formula is C43H29N3O2. The third-order valence-electron chi connectivity index (χ3n) is 13.7. The minimum absolute atomic E-state index is 0.200. The Labute approximate surface area is 275 Å². The molecule has 48 heavy (non-hydrogen) atoms. The van der Waals surface area contributed by atoms with Crippen LogP contribution >= 0.6 is 0 Å². The first-order chi connectivity index (χ1) is 23.7. The molecule has 0 saturated heterocycles. The van der Waals surface area contributed by atoms with Gasteiger partial charge in [0.15, 0.2) is 0 Å². The molecule has 0 radical (unpaired) electrons. The Hall–Kier alpha value is -5.42. The SMILES string of the molecule is c1ccc2c(c1)-c1cc(N(c3ccc4oc5ccncc5c4c3)c3ccc4oc5ccncc5c4c3)ccc1C21C2CC3CC4CC1C342. The molecule has 0 N–H and O–H groups in total. The Morgan fingerprint density at radius 3 is 1.75 bits per heavy atom. The van der Waals surface area contributed by atoms with Gasteiger partial charge in [-0.25, -0.2) is 0 Å². The fourth-order valence-electron chi connectivity index (χ4n) is 12.0. The van der Waals surface area contributed by atoms with Crippen molar-refractivity contribution >= 4 is 60.9 Å². The summed E-state index contributed by atoms with van der Waals surface area (Å²) in [6.07, 6.45) is 11.7. The topological polar surface area (TPSA) is 55.3 Å². The molecule has 5 aliphatic carbocycles. The number of fused-ring (bicyclic) bond motifs is 13. The lowest BCUT2D eigenvalue weighted by molar-refractivity contribution is -0.412. The number of benzene rings is 4. The molecule has 5 heteroatoms. The van der Waals surface area contributed by atoms with Crippen LogP contribution in [0.4, 0.5) is 17.1 Å². The summed E-state index contributed by atoms with van der Waals surface area (Å²) in [5.74, 6) is 3.62. The van der Waals surface area contributed by atoms with Crippen LogP contribution in [0.1, 0.15) is 30.4 Å². The lowest BCUT2D eigenvalue weighted by Crippen LogP contribution is -2.88. The van der Waals surface area contributed by atoms with E-state index in [1.165, 1.54) is 30.4 Å². The normalized spacial score (nSPS) is 28.3. The summed E-state index contributed by atoms with van der Waals surface area (Å²) in [5.41, 5.74) is 13.6. The second-order valence-corrected chi connectivity index (χ2v) is 15.0. The highest BCUT2D eigenvalue weighted by Crippen LogP contribution is 2.94. The lowest BCUT2D eigenvalue weighted by atomic mass is 9.11. The van der Waals surface area contributed by atoms with Crippen LogP contribution in [0.15, 0.2) is 125 Å². The number of furan rings is 2. The molecule has 4 aromatic heterocycles. The van der Waals surface area contributed by atoms with E-state index in [0.29, 0.717) is 5.41 Å². The van der Waals surface area contributed by atoms with Gasteiger partial charge in [-0.1, -0.05) is 30.3 Å². The van der Waals surface area contributed by atoms with Gasteiger partial charge in [0.25, 0.3) is 0 Å². The molecule has 4 heterocycles. The van der Waals surface area contributed by atoms with Gasteiger partial charge >= 0.3 is 0 Å². The Kier molecular flexibility index (Phi) is 4.11. The van der Waals surface area contributed by atoms with Crippen LogP contribution in [0.2, 0.25) is 0 Å². The first-order valence-electron chi connectivity index (χ1n) is 17.3. The Bertz CT molecular complexity index is 2600. The molecule has 8 aromatic rings. The molecule has 4 atom stereocenters. The molecule has 4 saturated carbocycles. The number of pyridine rings is 2. The number of rotatable bonds is 3. The molecule has 228 valence electrons. The third-order valence-corrected chi connectivity index (χ3v) is 13.7. The Morgan fingerprint density at radius 1 is 0.542 bits per heavy atom. The van der Waals surface area contributed by atoms with E-state index in [1.54, 1.807) is 23.5 Å². The monoisotopic (exact) mass is 619 g/mol. The number of hydrogen-bond donors (Lipinski definition) is 0. The zero-order chi connectivity index (χ0) is 30.9. The van der Waals surface area contributed by atoms with Crippen molar-refractivity contribution < 1.29 is 8.83 Å². The summed E-state index contributed by atoms with van der Waals surface area (Å²) in [6.45, 7) is 0. The van der Waals surface area contributed by atoms with E-state index >= 15 is 0 Å². The van der Waals surface area contributed by atoms with Gasteiger partial charge in [-0.3, -0.25) is 9.97 Å². The minimum atomic E-state index is 0.200. The molecule has 5 aliphatic rings. The molecule has 4 aromatic carbocycles. The first kappa shape index (κ1) is 24.7. The average Bonchev–Trinajstić information content (AvgIpc) is 3.75. The van der Waals surface area contributed by atoms with Crippen molar-refractivity contribution in [3.05, 3.63) is 127 Å². The molecular weight excluding hydrogens is 590 g/mol. The van der Waals surface area contributed by atoms with Gasteiger partial charge in [0, 0.05) is 68.8 Å². The predicted molar refractivity (Wildman–Crippen MR) is 188 cm³/mol. The van der Waals surface area contributed by atoms with E-state index in [1.807, 2.05) is 24.5 Å². The summed E-state index contributed by atoms with van der Waals surface area (Å²) >= 11 is 0. The number of nitrogens with zero attached hydrogens (tertiary/aromatic N) is 3. The van der Waals surface area contributed by atoms with Crippen LogP contribution in [0, 0.1) is 29.1 Å². The van der Waals surface area contributed by atoms with Crippen LogP contribution in [0.5, 0.6) is 0 Å². The molecule has 4 unspecified atom stereocenters. The predicted octanol–water partition coefficient (Wildman–Crippen LogP) is 10.7. The highest BCUT2D eigenvalue weighted by Gasteiger charge is 2.90. The highest BCUT2D eigenvalue weighted by atomic mass is 16.3. The standard InChI is InChI=1S/C43H29N3O2/c1-2-4-34-28(3-1)29-18-25(5-8-35(29)43(34)40-16-23-15-24-17-41(43)42(23,24)40)46(26-6-9-36-30(19-26)32-21-44-13-11-38(32)47-36)27-7-10-37-31(20-27)33-22-45-14-12-39(33)48-37/h1-14,18-24,40-41H,15-17H2. The molecule has 13 rings (SSSR count). The van der Waals surface area contributed by atoms with Crippen molar-refractivity contribution in [1.29, 1.82) is 0 Å². The van der Waals surface area contributed by atoms with E-state index in [2.05, 4.69) is 93.7 Å². The van der Waals surface area contributed by atoms with Crippen molar-refractivity contribution in [3.63, 3.8) is 0 Å². The molecule has 0 bridgehead atoms. The van der Waals surface area contributed by atoms with E-state index in [4.69, 9.17) is 8.83 Å². The van der Waals surface area contributed by atoms with Crippen molar-refractivity contribution in [2.45, 2.75) is 24.7 Å². The zero-order valence-electron chi connectivity index (χ0n) is 26.1. The second kappa shape index (κ2) is 7.99. The molecule has 0 aliphatic heterocycles. The van der Waals surface area contributed by atoms with Gasteiger partial charge in [0.2, 0.25) is 0 Å². The smallest absolute Gasteiger partial charge is 0.138 e. The largest absolute Gasteiger partial charge is 0.456 e. The van der Waals surface area contributed by atoms with Crippen LogP contribution in [0.3, 0.4) is 0 Å². The molecule has 2 spiro atoms. The summed E-state index contributed by atoms with van der Waals surface area (Å²) in [6, 6.07) is 33.6. The van der Waals surface area contributed by atoms with Crippen molar-refractivity contribution in [1.82, 2.24) is 9.97 Å². The minimum Gasteiger partial charge on any atom is -0.456 e. The van der Waals surface area contributed by atoms with Crippen molar-refractivity contribution in [3.8, 4) is 11.1 Å².